The van der Waals surface area contributed by atoms with Gasteiger partial charge in [0.15, 0.2) is 0 Å². The van der Waals surface area contributed by atoms with Crippen LogP contribution in [0.25, 0.3) is 0 Å². The van der Waals surface area contributed by atoms with Crippen LogP contribution < -0.4 is 9.46 Å². The van der Waals surface area contributed by atoms with Gasteiger partial charge in [-0.25, -0.2) is 13.1 Å². The summed E-state index contributed by atoms with van der Waals surface area (Å²) in [5, 5.41) is 9.39. The van der Waals surface area contributed by atoms with Crippen LogP contribution in [0.15, 0.2) is 53.4 Å². The van der Waals surface area contributed by atoms with E-state index in [0.717, 1.165) is 38.0 Å². The van der Waals surface area contributed by atoms with Crippen molar-refractivity contribution < 1.29 is 18.3 Å². The number of likely N-dealkylation sites (tertiary alicyclic amines) is 1. The van der Waals surface area contributed by atoms with Crippen molar-refractivity contribution in [3.63, 3.8) is 0 Å². The largest absolute Gasteiger partial charge is 0.508 e. The van der Waals surface area contributed by atoms with Gasteiger partial charge in [0.1, 0.15) is 11.5 Å². The molecule has 1 heterocycles. The van der Waals surface area contributed by atoms with Crippen molar-refractivity contribution in [3.8, 4) is 11.5 Å². The van der Waals surface area contributed by atoms with Crippen molar-refractivity contribution >= 4 is 10.0 Å². The summed E-state index contributed by atoms with van der Waals surface area (Å²) >= 11 is 0. The third kappa shape index (κ3) is 5.45. The van der Waals surface area contributed by atoms with E-state index in [2.05, 4.69) is 9.62 Å². The molecule has 1 unspecified atom stereocenters. The summed E-state index contributed by atoms with van der Waals surface area (Å²) in [4.78, 5) is 2.59. The van der Waals surface area contributed by atoms with Gasteiger partial charge in [-0.1, -0.05) is 12.1 Å². The quantitative estimate of drug-likeness (QED) is 0.760. The minimum absolute atomic E-state index is 0.250. The molecule has 0 saturated carbocycles. The van der Waals surface area contributed by atoms with E-state index in [1.54, 1.807) is 43.5 Å². The second kappa shape index (κ2) is 8.73. The average molecular weight is 391 g/mol. The third-order valence-corrected chi connectivity index (χ3v) is 6.32. The molecular weight excluding hydrogens is 364 g/mol. The van der Waals surface area contributed by atoms with Crippen LogP contribution in [0.5, 0.6) is 11.5 Å². The molecule has 1 saturated heterocycles. The Morgan fingerprint density at radius 2 is 1.85 bits per heavy atom. The van der Waals surface area contributed by atoms with E-state index in [9.17, 15) is 13.5 Å². The number of benzene rings is 2. The fourth-order valence-electron chi connectivity index (χ4n) is 3.39. The van der Waals surface area contributed by atoms with E-state index >= 15 is 0 Å². The van der Waals surface area contributed by atoms with Crippen LogP contribution in [-0.4, -0.2) is 45.2 Å². The molecule has 0 aromatic heterocycles. The number of hydrogen-bond donors (Lipinski definition) is 2. The van der Waals surface area contributed by atoms with Gasteiger partial charge in [-0.15, -0.1) is 0 Å². The Kier molecular flexibility index (Phi) is 6.36. The zero-order valence-electron chi connectivity index (χ0n) is 15.5. The predicted molar refractivity (Wildman–Crippen MR) is 104 cm³/mol. The number of phenols is 1. The van der Waals surface area contributed by atoms with Crippen LogP contribution in [0, 0.1) is 5.92 Å². The van der Waals surface area contributed by atoms with Crippen molar-refractivity contribution in [2.45, 2.75) is 24.3 Å². The number of sulfonamides is 1. The first-order valence-corrected chi connectivity index (χ1v) is 10.6. The van der Waals surface area contributed by atoms with Crippen LogP contribution in [0.3, 0.4) is 0 Å². The number of ether oxygens (including phenoxy) is 1. The molecule has 0 spiro atoms. The summed E-state index contributed by atoms with van der Waals surface area (Å²) in [7, 11) is -1.97. The molecule has 7 heteroatoms. The van der Waals surface area contributed by atoms with Crippen molar-refractivity contribution in [1.82, 2.24) is 9.62 Å². The van der Waals surface area contributed by atoms with Gasteiger partial charge < -0.3 is 9.84 Å². The van der Waals surface area contributed by atoms with Crippen LogP contribution in [0.4, 0.5) is 0 Å². The molecule has 0 bridgehead atoms. The van der Waals surface area contributed by atoms with Crippen LogP contribution in [-0.2, 0) is 16.6 Å². The molecule has 3 rings (SSSR count). The fourth-order valence-corrected chi connectivity index (χ4v) is 4.50. The summed E-state index contributed by atoms with van der Waals surface area (Å²) in [6.07, 6.45) is 2.06. The monoisotopic (exact) mass is 390 g/mol. The molecule has 1 atom stereocenters. The molecule has 1 fully saturated rings. The second-order valence-corrected chi connectivity index (χ2v) is 8.70. The number of methoxy groups -OCH3 is 1. The molecule has 2 aromatic carbocycles. The minimum Gasteiger partial charge on any atom is -0.508 e. The highest BCUT2D eigenvalue weighted by molar-refractivity contribution is 7.89. The number of nitrogens with zero attached hydrogens (tertiary/aromatic N) is 1. The maximum absolute atomic E-state index is 12.5. The Balaban J connectivity index is 1.54. The van der Waals surface area contributed by atoms with Gasteiger partial charge in [-0.05, 0) is 67.3 Å². The molecule has 146 valence electrons. The summed E-state index contributed by atoms with van der Waals surface area (Å²) < 4.78 is 32.8. The van der Waals surface area contributed by atoms with E-state index < -0.39 is 10.0 Å². The maximum Gasteiger partial charge on any atom is 0.240 e. The second-order valence-electron chi connectivity index (χ2n) is 6.94. The lowest BCUT2D eigenvalue weighted by molar-refractivity contribution is 0.169. The highest BCUT2D eigenvalue weighted by Gasteiger charge is 2.22. The third-order valence-electron chi connectivity index (χ3n) is 4.88. The number of aromatic hydroxyl groups is 1. The van der Waals surface area contributed by atoms with Gasteiger partial charge in [0.2, 0.25) is 10.0 Å². The normalized spacial score (nSPS) is 18.3. The lowest BCUT2D eigenvalue weighted by Gasteiger charge is -2.32. The average Bonchev–Trinajstić information content (AvgIpc) is 2.69. The molecular formula is C20H26N2O4S. The Labute approximate surface area is 160 Å². The lowest BCUT2D eigenvalue weighted by Crippen LogP contribution is -2.40. The standard InChI is InChI=1S/C20H26N2O4S/c1-26-19-8-10-20(11-9-19)27(24,25)21-13-17-3-2-12-22(15-17)14-16-4-6-18(23)7-5-16/h4-11,17,21,23H,2-3,12-15H2,1H3. The van der Waals surface area contributed by atoms with Crippen LogP contribution >= 0.6 is 0 Å². The Bertz CT molecular complexity index is 835. The molecule has 2 aromatic rings. The highest BCUT2D eigenvalue weighted by Crippen LogP contribution is 2.20. The molecule has 2 N–H and O–H groups in total. The summed E-state index contributed by atoms with van der Waals surface area (Å²) in [6.45, 7) is 3.09. The molecule has 0 amide bonds. The van der Waals surface area contributed by atoms with Crippen molar-refractivity contribution in [1.29, 1.82) is 0 Å². The lowest BCUT2D eigenvalue weighted by atomic mass is 9.98. The van der Waals surface area contributed by atoms with Gasteiger partial charge in [0.05, 0.1) is 12.0 Å². The Morgan fingerprint density at radius 3 is 2.52 bits per heavy atom. The van der Waals surface area contributed by atoms with Gasteiger partial charge in [0, 0.05) is 19.6 Å². The maximum atomic E-state index is 12.5. The van der Waals surface area contributed by atoms with Gasteiger partial charge in [-0.3, -0.25) is 4.90 Å². The molecule has 6 nitrogen and oxygen atoms in total. The van der Waals surface area contributed by atoms with Crippen molar-refractivity contribution in [3.05, 3.63) is 54.1 Å². The summed E-state index contributed by atoms with van der Waals surface area (Å²) in [5.41, 5.74) is 1.15. The molecule has 0 radical (unpaired) electrons. The Morgan fingerprint density at radius 1 is 1.15 bits per heavy atom. The highest BCUT2D eigenvalue weighted by atomic mass is 32.2. The van der Waals surface area contributed by atoms with E-state index in [4.69, 9.17) is 4.74 Å². The molecule has 27 heavy (non-hydrogen) atoms. The number of rotatable bonds is 7. The van der Waals surface area contributed by atoms with Crippen molar-refractivity contribution in [2.24, 2.45) is 5.92 Å². The first-order valence-electron chi connectivity index (χ1n) is 9.10. The zero-order valence-corrected chi connectivity index (χ0v) is 16.3. The minimum atomic E-state index is -3.52. The van der Waals surface area contributed by atoms with Crippen LogP contribution in [0.1, 0.15) is 18.4 Å². The molecule has 1 aliphatic heterocycles. The fraction of sp³-hybridized carbons (Fsp3) is 0.400. The number of hydrogen-bond acceptors (Lipinski definition) is 5. The molecule has 0 aliphatic carbocycles. The van der Waals surface area contributed by atoms with E-state index in [0.29, 0.717) is 12.3 Å². The smallest absolute Gasteiger partial charge is 0.240 e. The van der Waals surface area contributed by atoms with E-state index in [1.807, 2.05) is 12.1 Å². The summed E-state index contributed by atoms with van der Waals surface area (Å²) in [5.74, 6) is 1.18. The first-order chi connectivity index (χ1) is 13.0. The van der Waals surface area contributed by atoms with Gasteiger partial charge >= 0.3 is 0 Å². The topological polar surface area (TPSA) is 78.9 Å². The first kappa shape index (κ1) is 19.7. The van der Waals surface area contributed by atoms with Gasteiger partial charge in [-0.2, -0.15) is 0 Å². The van der Waals surface area contributed by atoms with Crippen molar-refractivity contribution in [2.75, 3.05) is 26.7 Å². The number of piperidine rings is 1. The summed E-state index contributed by atoms with van der Waals surface area (Å²) in [6, 6.07) is 13.6. The zero-order chi connectivity index (χ0) is 19.3. The van der Waals surface area contributed by atoms with Crippen LogP contribution in [0.2, 0.25) is 0 Å². The van der Waals surface area contributed by atoms with Gasteiger partial charge in [0.25, 0.3) is 0 Å². The number of nitrogens with one attached hydrogen (secondary N) is 1. The Hall–Kier alpha value is -2.09. The predicted octanol–water partition coefficient (Wildman–Crippen LogP) is 2.59. The molecule has 1 aliphatic rings. The number of phenolic OH excluding ortho intramolecular Hbond substituents is 1. The van der Waals surface area contributed by atoms with E-state index in [-0.39, 0.29) is 16.6 Å². The van der Waals surface area contributed by atoms with E-state index in [1.165, 1.54) is 0 Å². The SMILES string of the molecule is COc1ccc(S(=O)(=O)NCC2CCCN(Cc3ccc(O)cc3)C2)cc1.